The largest absolute Gasteiger partial charge is 0.490 e. The van der Waals surface area contributed by atoms with Crippen molar-refractivity contribution >= 4 is 13.7 Å². The van der Waals surface area contributed by atoms with E-state index in [9.17, 15) is 9.36 Å². The van der Waals surface area contributed by atoms with E-state index >= 15 is 0 Å². The lowest BCUT2D eigenvalue weighted by Gasteiger charge is -2.32. The lowest BCUT2D eigenvalue weighted by atomic mass is 9.85. The van der Waals surface area contributed by atoms with E-state index in [4.69, 9.17) is 23.0 Å². The van der Waals surface area contributed by atoms with Gasteiger partial charge in [-0.15, -0.1) is 0 Å². The second-order valence-electron chi connectivity index (χ2n) is 12.4. The molecule has 0 radical (unpaired) electrons. The van der Waals surface area contributed by atoms with Gasteiger partial charge in [-0.05, 0) is 85.0 Å². The van der Waals surface area contributed by atoms with E-state index in [1.807, 2.05) is 72.8 Å². The van der Waals surface area contributed by atoms with Gasteiger partial charge in [0.25, 0.3) is 0 Å². The lowest BCUT2D eigenvalue weighted by Crippen LogP contribution is -2.43. The number of amides is 1. The summed E-state index contributed by atoms with van der Waals surface area (Å²) >= 11 is 0. The van der Waals surface area contributed by atoms with Gasteiger partial charge in [-0.2, -0.15) is 0 Å². The number of phosphoric ester groups is 1. The van der Waals surface area contributed by atoms with E-state index in [2.05, 4.69) is 42.6 Å². The van der Waals surface area contributed by atoms with Crippen LogP contribution in [0.3, 0.4) is 0 Å². The molecule has 6 rings (SSSR count). The number of fused-ring (bicyclic) bond motifs is 1. The quantitative estimate of drug-likeness (QED) is 0.106. The second-order valence-corrected chi connectivity index (χ2v) is 14.1. The Morgan fingerprint density at radius 1 is 0.812 bits per heavy atom. The first-order valence-corrected chi connectivity index (χ1v) is 18.3. The Morgan fingerprint density at radius 2 is 1.48 bits per heavy atom. The predicted molar refractivity (Wildman–Crippen MR) is 185 cm³/mol. The molecule has 4 aromatic carbocycles. The maximum atomic E-state index is 13.6. The molecule has 1 aliphatic carbocycles. The molecule has 1 amide bonds. The molecule has 0 spiro atoms. The maximum absolute atomic E-state index is 13.6. The van der Waals surface area contributed by atoms with Crippen molar-refractivity contribution in [1.82, 2.24) is 5.32 Å². The highest BCUT2D eigenvalue weighted by Crippen LogP contribution is 2.50. The summed E-state index contributed by atoms with van der Waals surface area (Å²) in [4.78, 5) is 13.4. The summed E-state index contributed by atoms with van der Waals surface area (Å²) in [6.07, 6.45) is 5.10. The predicted octanol–water partition coefficient (Wildman–Crippen LogP) is 8.67. The molecule has 1 N–H and O–H groups in total. The van der Waals surface area contributed by atoms with Crippen LogP contribution in [-0.2, 0) is 42.6 Å². The number of rotatable bonds is 14. The van der Waals surface area contributed by atoms with E-state index in [1.54, 1.807) is 0 Å². The number of carbonyl (C=O) groups excluding carboxylic acids is 1. The number of nitrogens with one attached hydrogen (secondary N) is 1. The number of aryl methyl sites for hydroxylation is 2. The van der Waals surface area contributed by atoms with Crippen molar-refractivity contribution in [2.45, 2.75) is 70.9 Å². The van der Waals surface area contributed by atoms with Crippen LogP contribution in [-0.4, -0.2) is 25.2 Å². The molecule has 3 atom stereocenters. The second kappa shape index (κ2) is 16.4. The lowest BCUT2D eigenvalue weighted by molar-refractivity contribution is -0.129. The van der Waals surface area contributed by atoms with Crippen molar-refractivity contribution < 1.29 is 32.4 Å². The van der Waals surface area contributed by atoms with Crippen molar-refractivity contribution in [3.63, 3.8) is 0 Å². The molecule has 1 aliphatic heterocycles. The third-order valence-electron chi connectivity index (χ3n) is 8.95. The summed E-state index contributed by atoms with van der Waals surface area (Å²) in [6, 6.07) is 33.2. The Labute approximate surface area is 283 Å². The Hall–Kier alpha value is -3.94. The fourth-order valence-electron chi connectivity index (χ4n) is 6.35. The Bertz CT molecular complexity index is 1640. The molecule has 1 fully saturated rings. The minimum absolute atomic E-state index is 0.0286. The van der Waals surface area contributed by atoms with Gasteiger partial charge in [-0.3, -0.25) is 18.4 Å². The van der Waals surface area contributed by atoms with Crippen LogP contribution in [0.2, 0.25) is 0 Å². The zero-order chi connectivity index (χ0) is 33.2. The summed E-state index contributed by atoms with van der Waals surface area (Å²) in [5.41, 5.74) is 5.28. The van der Waals surface area contributed by atoms with Crippen molar-refractivity contribution in [2.24, 2.45) is 5.92 Å². The van der Waals surface area contributed by atoms with Crippen molar-refractivity contribution in [1.29, 1.82) is 0 Å². The van der Waals surface area contributed by atoms with Gasteiger partial charge in [0, 0.05) is 6.54 Å². The number of hydrogen-bond donors (Lipinski definition) is 1. The summed E-state index contributed by atoms with van der Waals surface area (Å²) in [6.45, 7) is 2.40. The summed E-state index contributed by atoms with van der Waals surface area (Å²) in [5, 5.41) is 2.97. The number of phosphoric acid groups is 1. The first-order chi connectivity index (χ1) is 23.5. The fourth-order valence-corrected chi connectivity index (χ4v) is 7.50. The van der Waals surface area contributed by atoms with Gasteiger partial charge in [-0.1, -0.05) is 91.3 Å². The molecule has 1 saturated carbocycles. The molecule has 4 aromatic rings. The first kappa shape index (κ1) is 33.9. The molecule has 0 bridgehead atoms. The standard InChI is InChI=1S/C39H44NO7P/c1-29-12-8-9-17-34(29)38-22-20-32-26-33(21-23-36(32)47-38)46-37-19-11-10-18-35(37)39(41)40-24-25-43-48(42,44-27-30-13-4-2-5-14-30)45-28-31-15-6-3-7-16-31/h2-9,12-17,21,23,26,35,37-38H,10-11,18-20,22,24-25,27-28H2,1H3,(H,40,41)/t35-,37-,38+/m1/s1. The molecule has 0 unspecified atom stereocenters. The number of ether oxygens (including phenoxy) is 2. The van der Waals surface area contributed by atoms with Crippen molar-refractivity contribution in [3.8, 4) is 11.5 Å². The molecular weight excluding hydrogens is 625 g/mol. The minimum Gasteiger partial charge on any atom is -0.490 e. The molecule has 9 heteroatoms. The van der Waals surface area contributed by atoms with Gasteiger partial charge >= 0.3 is 7.82 Å². The van der Waals surface area contributed by atoms with E-state index in [0.29, 0.717) is 0 Å². The van der Waals surface area contributed by atoms with Crippen LogP contribution in [0.15, 0.2) is 103 Å². The molecule has 0 aromatic heterocycles. The normalized spacial score (nSPS) is 19.1. The van der Waals surface area contributed by atoms with Gasteiger partial charge in [0.2, 0.25) is 5.91 Å². The molecule has 1 heterocycles. The highest BCUT2D eigenvalue weighted by Gasteiger charge is 2.33. The first-order valence-electron chi connectivity index (χ1n) is 16.9. The van der Waals surface area contributed by atoms with Crippen LogP contribution in [0.1, 0.15) is 66.0 Å². The summed E-state index contributed by atoms with van der Waals surface area (Å²) < 4.78 is 43.5. The van der Waals surface area contributed by atoms with Crippen molar-refractivity contribution in [3.05, 3.63) is 131 Å². The van der Waals surface area contributed by atoms with Gasteiger partial charge in [-0.25, -0.2) is 4.57 Å². The SMILES string of the molecule is Cc1ccccc1[C@@H]1CCc2cc(O[C@@H]3CCCC[C@H]3C(=O)NCCOP(=O)(OCc3ccccc3)OCc3ccccc3)ccc2O1. The van der Waals surface area contributed by atoms with Crippen LogP contribution in [0.5, 0.6) is 11.5 Å². The van der Waals surface area contributed by atoms with Crippen molar-refractivity contribution in [2.75, 3.05) is 13.2 Å². The number of benzene rings is 4. The van der Waals surface area contributed by atoms with Crippen LogP contribution in [0, 0.1) is 12.8 Å². The van der Waals surface area contributed by atoms with Gasteiger partial charge < -0.3 is 14.8 Å². The third kappa shape index (κ3) is 9.14. The van der Waals surface area contributed by atoms with E-state index in [1.165, 1.54) is 11.1 Å². The molecule has 48 heavy (non-hydrogen) atoms. The smallest absolute Gasteiger partial charge is 0.475 e. The zero-order valence-electron chi connectivity index (χ0n) is 27.4. The summed E-state index contributed by atoms with van der Waals surface area (Å²) in [7, 11) is -3.92. The van der Waals surface area contributed by atoms with E-state index in [0.717, 1.165) is 66.7 Å². The average Bonchev–Trinajstić information content (AvgIpc) is 3.13. The molecule has 252 valence electrons. The van der Waals surface area contributed by atoms with Crippen LogP contribution in [0.25, 0.3) is 0 Å². The number of hydrogen-bond acceptors (Lipinski definition) is 7. The molecule has 8 nitrogen and oxygen atoms in total. The molecule has 0 saturated heterocycles. The highest BCUT2D eigenvalue weighted by atomic mass is 31.2. The fraction of sp³-hybridized carbons (Fsp3) is 0.359. The van der Waals surface area contributed by atoms with Crippen LogP contribution < -0.4 is 14.8 Å². The van der Waals surface area contributed by atoms with Crippen LogP contribution in [0.4, 0.5) is 0 Å². The average molecular weight is 670 g/mol. The van der Waals surface area contributed by atoms with Gasteiger partial charge in [0.05, 0.1) is 25.7 Å². The maximum Gasteiger partial charge on any atom is 0.475 e. The Balaban J connectivity index is 1.02. The Morgan fingerprint density at radius 3 is 2.19 bits per heavy atom. The zero-order valence-corrected chi connectivity index (χ0v) is 28.3. The van der Waals surface area contributed by atoms with Crippen LogP contribution >= 0.6 is 7.82 Å². The number of carbonyl (C=O) groups is 1. The van der Waals surface area contributed by atoms with E-state index in [-0.39, 0.29) is 50.4 Å². The molecular formula is C39H44NO7P. The monoisotopic (exact) mass is 669 g/mol. The van der Waals surface area contributed by atoms with Gasteiger partial charge in [0.15, 0.2) is 0 Å². The highest BCUT2D eigenvalue weighted by molar-refractivity contribution is 7.48. The summed E-state index contributed by atoms with van der Waals surface area (Å²) in [5.74, 6) is 1.24. The Kier molecular flexibility index (Phi) is 11.6. The minimum atomic E-state index is -3.92. The van der Waals surface area contributed by atoms with E-state index < -0.39 is 7.82 Å². The topological polar surface area (TPSA) is 92.3 Å². The van der Waals surface area contributed by atoms with Gasteiger partial charge in [0.1, 0.15) is 23.7 Å². The third-order valence-corrected chi connectivity index (χ3v) is 10.3. The molecule has 2 aliphatic rings.